The van der Waals surface area contributed by atoms with Gasteiger partial charge in [-0.1, -0.05) is 6.42 Å². The number of nitrogens with zero attached hydrogens (tertiary/aromatic N) is 3. The highest BCUT2D eigenvalue weighted by Gasteiger charge is 2.51. The molecule has 0 radical (unpaired) electrons. The Morgan fingerprint density at radius 1 is 1.33 bits per heavy atom. The first-order chi connectivity index (χ1) is 11.8. The molecule has 1 amide bonds. The number of carbonyl (C=O) groups is 1. The fourth-order valence-electron chi connectivity index (χ4n) is 4.73. The summed E-state index contributed by atoms with van der Waals surface area (Å²) >= 11 is 0. The molecule has 0 spiro atoms. The largest absolute Gasteiger partial charge is 0.381 e. The van der Waals surface area contributed by atoms with Crippen molar-refractivity contribution in [3.63, 3.8) is 0 Å². The van der Waals surface area contributed by atoms with Crippen molar-refractivity contribution in [3.8, 4) is 0 Å². The summed E-state index contributed by atoms with van der Waals surface area (Å²) in [4.78, 5) is 23.4. The lowest BCUT2D eigenvalue weighted by atomic mass is 9.80. The van der Waals surface area contributed by atoms with E-state index in [0.29, 0.717) is 11.8 Å². The summed E-state index contributed by atoms with van der Waals surface area (Å²) in [6.07, 6.45) is 10.6. The lowest BCUT2D eigenvalue weighted by molar-refractivity contribution is -0.138. The van der Waals surface area contributed by atoms with Crippen molar-refractivity contribution in [2.24, 2.45) is 17.3 Å². The molecule has 4 rings (SSSR count). The van der Waals surface area contributed by atoms with Gasteiger partial charge in [0.15, 0.2) is 0 Å². The maximum Gasteiger partial charge on any atom is 0.225 e. The van der Waals surface area contributed by atoms with Gasteiger partial charge >= 0.3 is 0 Å². The second-order valence-corrected chi connectivity index (χ2v) is 7.50. The highest BCUT2D eigenvalue weighted by atomic mass is 16.5. The van der Waals surface area contributed by atoms with Crippen LogP contribution in [0.1, 0.15) is 32.1 Å². The van der Waals surface area contributed by atoms with Crippen LogP contribution in [0.25, 0.3) is 0 Å². The lowest BCUT2D eigenvalue weighted by Crippen LogP contribution is -2.40. The summed E-state index contributed by atoms with van der Waals surface area (Å²) in [5.74, 6) is 1.96. The number of hydrogen-bond acceptors (Lipinski definition) is 5. The summed E-state index contributed by atoms with van der Waals surface area (Å²) < 4.78 is 5.40. The van der Waals surface area contributed by atoms with Crippen LogP contribution in [0.5, 0.6) is 0 Å². The number of aromatic nitrogens is 2. The highest BCUT2D eigenvalue weighted by molar-refractivity contribution is 5.79. The molecule has 2 saturated heterocycles. The molecule has 1 aliphatic carbocycles. The summed E-state index contributed by atoms with van der Waals surface area (Å²) in [6, 6.07) is 0. The van der Waals surface area contributed by atoms with Crippen LogP contribution >= 0.6 is 0 Å². The van der Waals surface area contributed by atoms with Gasteiger partial charge in [0.05, 0.1) is 6.20 Å². The molecular formula is C18H26N4O2. The van der Waals surface area contributed by atoms with E-state index in [9.17, 15) is 4.79 Å². The van der Waals surface area contributed by atoms with Crippen LogP contribution in [0.2, 0.25) is 0 Å². The molecule has 3 aliphatic rings. The predicted molar refractivity (Wildman–Crippen MR) is 90.4 cm³/mol. The number of hydrogen-bond donors (Lipinski definition) is 1. The third kappa shape index (κ3) is 2.99. The van der Waals surface area contributed by atoms with Crippen LogP contribution in [-0.4, -0.2) is 53.6 Å². The van der Waals surface area contributed by atoms with Crippen molar-refractivity contribution in [2.75, 3.05) is 38.2 Å². The number of carbonyl (C=O) groups excluding carboxylic acids is 1. The first kappa shape index (κ1) is 15.8. The maximum absolute atomic E-state index is 12.9. The van der Waals surface area contributed by atoms with Crippen LogP contribution in [-0.2, 0) is 9.53 Å². The van der Waals surface area contributed by atoms with E-state index in [1.54, 1.807) is 18.6 Å². The number of likely N-dealkylation sites (tertiary alicyclic amines) is 1. The number of nitrogens with one attached hydrogen (secondary N) is 1. The number of ether oxygens (including phenoxy) is 1. The van der Waals surface area contributed by atoms with Gasteiger partial charge in [-0.05, 0) is 31.6 Å². The Labute approximate surface area is 143 Å². The standard InChI is InChI=1S/C18H26N4O2/c23-17(14-3-8-24-9-4-14)22-11-15-2-1-5-18(15,13-22)12-21-16-10-19-6-7-20-16/h6-7,10,14-15H,1-5,8-9,11-13H2,(H,20,21)/t15-,18-/m0/s1. The molecule has 1 N–H and O–H groups in total. The fourth-order valence-corrected chi connectivity index (χ4v) is 4.73. The van der Waals surface area contributed by atoms with Gasteiger partial charge in [-0.25, -0.2) is 4.98 Å². The zero-order chi connectivity index (χ0) is 16.4. The van der Waals surface area contributed by atoms with E-state index >= 15 is 0 Å². The smallest absolute Gasteiger partial charge is 0.225 e. The van der Waals surface area contributed by atoms with E-state index in [4.69, 9.17) is 4.74 Å². The molecular weight excluding hydrogens is 304 g/mol. The van der Waals surface area contributed by atoms with E-state index in [2.05, 4.69) is 20.2 Å². The van der Waals surface area contributed by atoms with Crippen LogP contribution < -0.4 is 5.32 Å². The molecule has 1 aromatic heterocycles. The van der Waals surface area contributed by atoms with E-state index in [0.717, 1.165) is 51.5 Å². The van der Waals surface area contributed by atoms with E-state index in [1.807, 2.05) is 0 Å². The molecule has 6 heteroatoms. The Hall–Kier alpha value is -1.69. The zero-order valence-electron chi connectivity index (χ0n) is 14.1. The molecule has 1 aromatic rings. The van der Waals surface area contributed by atoms with Gasteiger partial charge in [0.25, 0.3) is 0 Å². The Morgan fingerprint density at radius 2 is 2.21 bits per heavy atom. The molecule has 0 aromatic carbocycles. The maximum atomic E-state index is 12.9. The van der Waals surface area contributed by atoms with Crippen LogP contribution in [0.4, 0.5) is 5.82 Å². The van der Waals surface area contributed by atoms with Crippen molar-refractivity contribution in [1.82, 2.24) is 14.9 Å². The Kier molecular flexibility index (Phi) is 4.39. The average molecular weight is 330 g/mol. The van der Waals surface area contributed by atoms with Crippen LogP contribution in [0.15, 0.2) is 18.6 Å². The lowest BCUT2D eigenvalue weighted by Gasteiger charge is -2.30. The van der Waals surface area contributed by atoms with Crippen LogP contribution in [0, 0.1) is 17.3 Å². The second kappa shape index (κ2) is 6.67. The third-order valence-corrected chi connectivity index (χ3v) is 6.11. The summed E-state index contributed by atoms with van der Waals surface area (Å²) in [5.41, 5.74) is 0.207. The van der Waals surface area contributed by atoms with Gasteiger partial charge in [0.2, 0.25) is 5.91 Å². The molecule has 0 bridgehead atoms. The van der Waals surface area contributed by atoms with Gasteiger partial charge in [-0.15, -0.1) is 0 Å². The fraction of sp³-hybridized carbons (Fsp3) is 0.722. The summed E-state index contributed by atoms with van der Waals surface area (Å²) in [6.45, 7) is 4.16. The minimum atomic E-state index is 0.169. The van der Waals surface area contributed by atoms with E-state index in [-0.39, 0.29) is 11.3 Å². The van der Waals surface area contributed by atoms with Crippen molar-refractivity contribution in [1.29, 1.82) is 0 Å². The minimum absolute atomic E-state index is 0.169. The highest BCUT2D eigenvalue weighted by Crippen LogP contribution is 2.49. The molecule has 130 valence electrons. The Morgan fingerprint density at radius 3 is 3.00 bits per heavy atom. The quantitative estimate of drug-likeness (QED) is 0.914. The molecule has 0 unspecified atom stereocenters. The third-order valence-electron chi connectivity index (χ3n) is 6.11. The van der Waals surface area contributed by atoms with Gasteiger partial charge < -0.3 is 15.0 Å². The van der Waals surface area contributed by atoms with Gasteiger partial charge in [-0.3, -0.25) is 9.78 Å². The minimum Gasteiger partial charge on any atom is -0.381 e. The topological polar surface area (TPSA) is 67.3 Å². The van der Waals surface area contributed by atoms with Gasteiger partial charge in [0, 0.05) is 56.6 Å². The van der Waals surface area contributed by atoms with Crippen molar-refractivity contribution >= 4 is 11.7 Å². The molecule has 3 heterocycles. The number of rotatable bonds is 4. The Bertz CT molecular complexity index is 576. The molecule has 3 fully saturated rings. The second-order valence-electron chi connectivity index (χ2n) is 7.50. The van der Waals surface area contributed by atoms with Gasteiger partial charge in [-0.2, -0.15) is 0 Å². The number of amides is 1. The zero-order valence-corrected chi connectivity index (χ0v) is 14.1. The predicted octanol–water partition coefficient (Wildman–Crippen LogP) is 1.94. The summed E-state index contributed by atoms with van der Waals surface area (Å²) in [5, 5.41) is 3.46. The molecule has 24 heavy (non-hydrogen) atoms. The number of fused-ring (bicyclic) bond motifs is 1. The average Bonchev–Trinajstić information content (AvgIpc) is 3.18. The summed E-state index contributed by atoms with van der Waals surface area (Å²) in [7, 11) is 0. The first-order valence-corrected chi connectivity index (χ1v) is 9.13. The van der Waals surface area contributed by atoms with Crippen LogP contribution in [0.3, 0.4) is 0 Å². The van der Waals surface area contributed by atoms with Gasteiger partial charge in [0.1, 0.15) is 5.82 Å². The van der Waals surface area contributed by atoms with Crippen molar-refractivity contribution in [3.05, 3.63) is 18.6 Å². The molecule has 2 atom stereocenters. The van der Waals surface area contributed by atoms with Crippen molar-refractivity contribution in [2.45, 2.75) is 32.1 Å². The van der Waals surface area contributed by atoms with Crippen molar-refractivity contribution < 1.29 is 9.53 Å². The van der Waals surface area contributed by atoms with E-state index < -0.39 is 0 Å². The first-order valence-electron chi connectivity index (χ1n) is 9.13. The number of anilines is 1. The van der Waals surface area contributed by atoms with E-state index in [1.165, 1.54) is 19.3 Å². The Balaban J connectivity index is 1.42. The molecule has 1 saturated carbocycles. The normalized spacial score (nSPS) is 30.3. The molecule has 2 aliphatic heterocycles. The molecule has 6 nitrogen and oxygen atoms in total. The SMILES string of the molecule is O=C(C1CCOCC1)N1C[C@@H]2CCC[C@]2(CNc2cnccn2)C1. The monoisotopic (exact) mass is 330 g/mol.